The summed E-state index contributed by atoms with van der Waals surface area (Å²) >= 11 is 0. The van der Waals surface area contributed by atoms with Gasteiger partial charge in [-0.2, -0.15) is 0 Å². The highest BCUT2D eigenvalue weighted by atomic mass is 32.2. The molecule has 3 fully saturated rings. The Morgan fingerprint density at radius 1 is 1.30 bits per heavy atom. The smallest absolute Gasteiger partial charge is 0.241 e. The second kappa shape index (κ2) is 7.61. The molecule has 166 valence electrons. The molecule has 1 aromatic rings. The molecule has 1 aliphatic heterocycles. The summed E-state index contributed by atoms with van der Waals surface area (Å²) in [6.07, 6.45) is 2.01. The van der Waals surface area contributed by atoms with E-state index in [0.717, 1.165) is 29.1 Å². The van der Waals surface area contributed by atoms with E-state index < -0.39 is 28.0 Å². The van der Waals surface area contributed by atoms with Crippen LogP contribution in [-0.4, -0.2) is 48.2 Å². The van der Waals surface area contributed by atoms with Crippen LogP contribution in [0.25, 0.3) is 0 Å². The Morgan fingerprint density at radius 3 is 2.67 bits per heavy atom. The molecule has 1 heterocycles. The van der Waals surface area contributed by atoms with Crippen molar-refractivity contribution in [2.75, 3.05) is 12.4 Å². The molecule has 1 amide bonds. The maximum atomic E-state index is 13.2. The number of ether oxygens (including phenoxy) is 1. The van der Waals surface area contributed by atoms with Crippen molar-refractivity contribution < 1.29 is 23.1 Å². The Kier molecular flexibility index (Phi) is 5.52. The molecular formula is C23H33NO5S. The number of sulfonamides is 1. The highest BCUT2D eigenvalue weighted by Crippen LogP contribution is 2.70. The molecule has 0 aromatic heterocycles. The number of fused-ring (bicyclic) bond motifs is 1. The predicted molar refractivity (Wildman–Crippen MR) is 114 cm³/mol. The predicted octanol–water partition coefficient (Wildman–Crippen LogP) is 2.96. The highest BCUT2D eigenvalue weighted by molar-refractivity contribution is 7.90. The highest BCUT2D eigenvalue weighted by Gasteiger charge is 2.72. The Morgan fingerprint density at radius 2 is 2.00 bits per heavy atom. The minimum Gasteiger partial charge on any atom is -0.392 e. The SMILES string of the molecule is C[C@@H](C(=O)N1[C@@H]2C[C@H]3CC[C@]2(CS1(=O)=O)C3(C)C)[C@@H](O)CCOCc1ccccc1. The average Bonchev–Trinajstić information content (AvgIpc) is 3.18. The number of carbonyl (C=O) groups is 1. The molecule has 3 aliphatic rings. The lowest BCUT2D eigenvalue weighted by Crippen LogP contribution is -2.47. The van der Waals surface area contributed by atoms with Crippen LogP contribution in [0.15, 0.2) is 30.3 Å². The van der Waals surface area contributed by atoms with E-state index in [1.807, 2.05) is 30.3 Å². The van der Waals surface area contributed by atoms with Gasteiger partial charge in [0.05, 0.1) is 30.4 Å². The molecule has 7 heteroatoms. The number of hydrogen-bond acceptors (Lipinski definition) is 5. The topological polar surface area (TPSA) is 83.9 Å². The van der Waals surface area contributed by atoms with Crippen LogP contribution in [0.1, 0.15) is 52.0 Å². The summed E-state index contributed by atoms with van der Waals surface area (Å²) in [6.45, 7) is 6.70. The van der Waals surface area contributed by atoms with Gasteiger partial charge in [-0.15, -0.1) is 0 Å². The van der Waals surface area contributed by atoms with Gasteiger partial charge < -0.3 is 9.84 Å². The summed E-state index contributed by atoms with van der Waals surface area (Å²) in [4.78, 5) is 13.2. The van der Waals surface area contributed by atoms with E-state index >= 15 is 0 Å². The minimum atomic E-state index is -3.66. The third-order valence-corrected chi connectivity index (χ3v) is 10.2. The standard InChI is InChI=1S/C23H33NO5S/c1-16(19(25)10-12-29-14-17-7-5-4-6-8-17)21(26)24-20-13-18-9-11-23(20,22(18,2)3)15-30(24,27)28/h4-8,16,18-20,25H,9-15H2,1-3H3/t16-,18-,19+,20-,23-/m1/s1. The fourth-order valence-electron chi connectivity index (χ4n) is 6.16. The molecule has 0 radical (unpaired) electrons. The van der Waals surface area contributed by atoms with Crippen molar-refractivity contribution >= 4 is 15.9 Å². The van der Waals surface area contributed by atoms with Gasteiger partial charge in [0.2, 0.25) is 15.9 Å². The Bertz CT molecular complexity index is 899. The lowest BCUT2D eigenvalue weighted by atomic mass is 9.69. The van der Waals surface area contributed by atoms with Gasteiger partial charge >= 0.3 is 0 Å². The molecule has 1 saturated heterocycles. The van der Waals surface area contributed by atoms with Crippen LogP contribution in [0.2, 0.25) is 0 Å². The summed E-state index contributed by atoms with van der Waals surface area (Å²) in [5.41, 5.74) is 0.631. The van der Waals surface area contributed by atoms with Gasteiger partial charge in [-0.05, 0) is 42.6 Å². The minimum absolute atomic E-state index is 0.0584. The maximum Gasteiger partial charge on any atom is 0.241 e. The van der Waals surface area contributed by atoms with Crippen LogP contribution < -0.4 is 0 Å². The van der Waals surface area contributed by atoms with Crippen molar-refractivity contribution in [1.29, 1.82) is 0 Å². The third kappa shape index (κ3) is 3.30. The molecule has 1 N–H and O–H groups in total. The number of hydrogen-bond donors (Lipinski definition) is 1. The van der Waals surface area contributed by atoms with Crippen LogP contribution in [0.3, 0.4) is 0 Å². The molecule has 0 unspecified atom stereocenters. The van der Waals surface area contributed by atoms with E-state index in [1.54, 1.807) is 6.92 Å². The van der Waals surface area contributed by atoms with E-state index in [9.17, 15) is 18.3 Å². The lowest BCUT2D eigenvalue weighted by molar-refractivity contribution is -0.136. The Labute approximate surface area is 179 Å². The summed E-state index contributed by atoms with van der Waals surface area (Å²) in [5, 5.41) is 10.6. The number of amides is 1. The van der Waals surface area contributed by atoms with Crippen molar-refractivity contribution in [3.63, 3.8) is 0 Å². The first kappa shape index (κ1) is 21.8. The zero-order valence-corrected chi connectivity index (χ0v) is 18.9. The van der Waals surface area contributed by atoms with Gasteiger partial charge in [0.1, 0.15) is 0 Å². The van der Waals surface area contributed by atoms with Gasteiger partial charge in [0.25, 0.3) is 0 Å². The summed E-state index contributed by atoms with van der Waals surface area (Å²) < 4.78 is 32.8. The summed E-state index contributed by atoms with van der Waals surface area (Å²) in [5.74, 6) is -0.726. The van der Waals surface area contributed by atoms with Crippen LogP contribution in [0.4, 0.5) is 0 Å². The van der Waals surface area contributed by atoms with Gasteiger partial charge in [0, 0.05) is 12.0 Å². The number of nitrogens with zero attached hydrogens (tertiary/aromatic N) is 1. The second-order valence-electron chi connectivity index (χ2n) is 9.94. The molecule has 2 bridgehead atoms. The molecule has 6 nitrogen and oxygen atoms in total. The van der Waals surface area contributed by atoms with Crippen LogP contribution in [0.5, 0.6) is 0 Å². The molecule has 5 atom stereocenters. The molecule has 2 aliphatic carbocycles. The van der Waals surface area contributed by atoms with E-state index in [0.29, 0.717) is 19.1 Å². The number of rotatable bonds is 7. The summed E-state index contributed by atoms with van der Waals surface area (Å²) in [6, 6.07) is 9.49. The first-order valence-electron chi connectivity index (χ1n) is 11.0. The van der Waals surface area contributed by atoms with Crippen LogP contribution >= 0.6 is 0 Å². The van der Waals surface area contributed by atoms with E-state index in [-0.39, 0.29) is 29.0 Å². The van der Waals surface area contributed by atoms with Crippen LogP contribution in [0, 0.1) is 22.7 Å². The van der Waals surface area contributed by atoms with Gasteiger partial charge in [-0.1, -0.05) is 51.1 Å². The molecule has 2 saturated carbocycles. The molecule has 30 heavy (non-hydrogen) atoms. The zero-order valence-electron chi connectivity index (χ0n) is 18.1. The monoisotopic (exact) mass is 435 g/mol. The van der Waals surface area contributed by atoms with E-state index in [1.165, 1.54) is 0 Å². The first-order chi connectivity index (χ1) is 14.1. The quantitative estimate of drug-likeness (QED) is 0.666. The van der Waals surface area contributed by atoms with Crippen molar-refractivity contribution in [1.82, 2.24) is 4.31 Å². The number of benzene rings is 1. The molecular weight excluding hydrogens is 402 g/mol. The fourth-order valence-corrected chi connectivity index (χ4v) is 8.78. The largest absolute Gasteiger partial charge is 0.392 e. The first-order valence-corrected chi connectivity index (χ1v) is 12.6. The van der Waals surface area contributed by atoms with Crippen molar-refractivity contribution in [2.24, 2.45) is 22.7 Å². The van der Waals surface area contributed by atoms with Crippen LogP contribution in [-0.2, 0) is 26.2 Å². The molecule has 4 rings (SSSR count). The number of aliphatic hydroxyl groups is 1. The molecule has 1 aromatic carbocycles. The average molecular weight is 436 g/mol. The second-order valence-corrected chi connectivity index (χ2v) is 11.8. The van der Waals surface area contributed by atoms with E-state index in [2.05, 4.69) is 13.8 Å². The third-order valence-electron chi connectivity index (χ3n) is 8.26. The van der Waals surface area contributed by atoms with Crippen molar-refractivity contribution in [3.8, 4) is 0 Å². The Hall–Kier alpha value is -1.44. The van der Waals surface area contributed by atoms with Gasteiger partial charge in [-0.25, -0.2) is 12.7 Å². The molecule has 1 spiro atoms. The van der Waals surface area contributed by atoms with Crippen molar-refractivity contribution in [2.45, 2.75) is 65.2 Å². The normalized spacial score (nSPS) is 32.7. The summed E-state index contributed by atoms with van der Waals surface area (Å²) in [7, 11) is -3.66. The maximum absolute atomic E-state index is 13.2. The number of aliphatic hydroxyl groups excluding tert-OH is 1. The number of carbonyl (C=O) groups excluding carboxylic acids is 1. The van der Waals surface area contributed by atoms with E-state index in [4.69, 9.17) is 4.74 Å². The lowest BCUT2D eigenvalue weighted by Gasteiger charge is -2.37. The van der Waals surface area contributed by atoms with Gasteiger partial charge in [-0.3, -0.25) is 4.79 Å². The zero-order chi connectivity index (χ0) is 21.7. The Balaban J connectivity index is 1.39. The fraction of sp³-hybridized carbons (Fsp3) is 0.696. The van der Waals surface area contributed by atoms with Gasteiger partial charge in [0.15, 0.2) is 0 Å². The van der Waals surface area contributed by atoms with Crippen molar-refractivity contribution in [3.05, 3.63) is 35.9 Å².